The molecule has 2 aromatic heterocycles. The zero-order valence-corrected chi connectivity index (χ0v) is 28.3. The Morgan fingerprint density at radius 3 is 2.68 bits per heavy atom. The third-order valence-electron chi connectivity index (χ3n) is 9.97. The molecule has 0 aliphatic carbocycles. The Morgan fingerprint density at radius 2 is 1.94 bits per heavy atom. The van der Waals surface area contributed by atoms with E-state index in [1.165, 1.54) is 11.0 Å². The van der Waals surface area contributed by atoms with Crippen molar-refractivity contribution < 1.29 is 36.2 Å². The number of rotatable bonds is 6. The summed E-state index contributed by atoms with van der Waals surface area (Å²) in [6.45, 7) is 2.21. The standard InChI is InChI=1S/C33H36ClF5N8O3/c1-44(2)30(48)25-11-20-15-45(6-4-8-47(20)43-25)29-22-16-49-26(21-9-19(40)10-23(34)27(21)33(37,38)39)12-24(22)41-31(42-29)50-17-32-5-3-7-46(32)14-18(13-32)28(35)36/h9-11,26H,3-8,12-17,40H2,1-2H3/t26-,32-/m0/s1. The molecule has 7 rings (SSSR count). The van der Waals surface area contributed by atoms with E-state index in [0.29, 0.717) is 61.8 Å². The van der Waals surface area contributed by atoms with E-state index < -0.39 is 34.5 Å². The molecule has 17 heteroatoms. The number of nitrogens with two attached hydrogens (primary N) is 1. The van der Waals surface area contributed by atoms with E-state index in [1.54, 1.807) is 24.8 Å². The number of anilines is 2. The second kappa shape index (κ2) is 12.9. The molecule has 4 aliphatic heterocycles. The van der Waals surface area contributed by atoms with Gasteiger partial charge in [0.05, 0.1) is 46.8 Å². The highest BCUT2D eigenvalue weighted by molar-refractivity contribution is 6.31. The van der Waals surface area contributed by atoms with Gasteiger partial charge in [-0.25, -0.2) is 0 Å². The van der Waals surface area contributed by atoms with Crippen LogP contribution in [-0.4, -0.2) is 81.3 Å². The molecule has 0 radical (unpaired) electrons. The fourth-order valence-corrected chi connectivity index (χ4v) is 7.94. The molecule has 2 N–H and O–H groups in total. The van der Waals surface area contributed by atoms with Gasteiger partial charge in [0, 0.05) is 57.0 Å². The summed E-state index contributed by atoms with van der Waals surface area (Å²) in [7, 11) is 3.30. The van der Waals surface area contributed by atoms with Crippen LogP contribution < -0.4 is 15.4 Å². The van der Waals surface area contributed by atoms with Crippen LogP contribution in [0.4, 0.5) is 33.5 Å². The van der Waals surface area contributed by atoms with Crippen LogP contribution in [-0.2, 0) is 37.0 Å². The Kier molecular flexibility index (Phi) is 8.91. The molecule has 0 saturated carbocycles. The lowest BCUT2D eigenvalue weighted by Crippen LogP contribution is -2.43. The average molecular weight is 723 g/mol. The van der Waals surface area contributed by atoms with Gasteiger partial charge in [-0.15, -0.1) is 0 Å². The molecular weight excluding hydrogens is 687 g/mol. The lowest BCUT2D eigenvalue weighted by atomic mass is 9.93. The minimum absolute atomic E-state index is 0.0124. The Bertz CT molecular complexity index is 1860. The molecule has 0 bridgehead atoms. The molecule has 6 heterocycles. The normalized spacial score (nSPS) is 22.2. The number of alkyl halides is 3. The van der Waals surface area contributed by atoms with Crippen molar-refractivity contribution in [1.29, 1.82) is 0 Å². The van der Waals surface area contributed by atoms with Crippen molar-refractivity contribution in [3.05, 3.63) is 68.6 Å². The number of carbonyl (C=O) groups excluding carboxylic acids is 1. The molecule has 0 spiro atoms. The minimum Gasteiger partial charge on any atom is -0.461 e. The van der Waals surface area contributed by atoms with E-state index in [-0.39, 0.29) is 61.3 Å². The van der Waals surface area contributed by atoms with Crippen molar-refractivity contribution in [2.45, 2.75) is 69.6 Å². The SMILES string of the molecule is CN(C)C(=O)c1cc2n(n1)CCCN(c1nc(OC[C@@]34CCCN3CC(=C(F)F)C4)nc3c1CO[C@H](c1cc(N)cc(Cl)c1C(F)(F)F)C3)C2. The van der Waals surface area contributed by atoms with Gasteiger partial charge >= 0.3 is 12.2 Å². The van der Waals surface area contributed by atoms with Crippen LogP contribution in [0.15, 0.2) is 29.9 Å². The first-order valence-electron chi connectivity index (χ1n) is 16.3. The molecular formula is C33H36ClF5N8O3. The van der Waals surface area contributed by atoms with E-state index in [2.05, 4.69) is 10.1 Å². The molecule has 50 heavy (non-hydrogen) atoms. The Balaban J connectivity index is 1.25. The summed E-state index contributed by atoms with van der Waals surface area (Å²) in [5, 5.41) is 3.98. The van der Waals surface area contributed by atoms with Gasteiger partial charge in [0.1, 0.15) is 12.4 Å². The molecule has 11 nitrogen and oxygen atoms in total. The molecule has 2 fully saturated rings. The minimum atomic E-state index is -4.77. The lowest BCUT2D eigenvalue weighted by Gasteiger charge is -2.33. The third-order valence-corrected chi connectivity index (χ3v) is 10.3. The summed E-state index contributed by atoms with van der Waals surface area (Å²) >= 11 is 6.07. The van der Waals surface area contributed by atoms with Crippen LogP contribution in [0.1, 0.15) is 70.4 Å². The van der Waals surface area contributed by atoms with Crippen LogP contribution in [0.5, 0.6) is 6.01 Å². The molecule has 1 amide bonds. The van der Waals surface area contributed by atoms with Crippen LogP contribution in [0.25, 0.3) is 0 Å². The largest absolute Gasteiger partial charge is 0.461 e. The highest BCUT2D eigenvalue weighted by Crippen LogP contribution is 2.46. The molecule has 1 aromatic carbocycles. The van der Waals surface area contributed by atoms with Crippen molar-refractivity contribution in [1.82, 2.24) is 29.5 Å². The predicted molar refractivity (Wildman–Crippen MR) is 173 cm³/mol. The highest BCUT2D eigenvalue weighted by atomic mass is 35.5. The summed E-state index contributed by atoms with van der Waals surface area (Å²) in [5.74, 6) is 0.243. The Hall–Kier alpha value is -4.02. The van der Waals surface area contributed by atoms with Gasteiger partial charge in [-0.05, 0) is 56.0 Å². The topological polar surface area (TPSA) is 115 Å². The zero-order chi connectivity index (χ0) is 35.5. The first-order valence-corrected chi connectivity index (χ1v) is 16.7. The summed E-state index contributed by atoms with van der Waals surface area (Å²) in [4.78, 5) is 27.6. The quantitative estimate of drug-likeness (QED) is 0.256. The van der Waals surface area contributed by atoms with Crippen molar-refractivity contribution in [2.75, 3.05) is 51.0 Å². The van der Waals surface area contributed by atoms with E-state index in [0.717, 1.165) is 18.2 Å². The zero-order valence-electron chi connectivity index (χ0n) is 27.5. The summed E-state index contributed by atoms with van der Waals surface area (Å²) in [6.07, 6.45) is -5.26. The summed E-state index contributed by atoms with van der Waals surface area (Å²) in [5.41, 5.74) is 6.32. The number of aryl methyl sites for hydroxylation is 1. The number of hydrogen-bond donors (Lipinski definition) is 1. The van der Waals surface area contributed by atoms with E-state index in [9.17, 15) is 26.7 Å². The molecule has 268 valence electrons. The smallest absolute Gasteiger partial charge is 0.418 e. The highest BCUT2D eigenvalue weighted by Gasteiger charge is 2.48. The monoisotopic (exact) mass is 722 g/mol. The maximum atomic E-state index is 14.2. The second-order valence-corrected chi connectivity index (χ2v) is 13.9. The van der Waals surface area contributed by atoms with Crippen molar-refractivity contribution >= 4 is 29.0 Å². The number of carbonyl (C=O) groups is 1. The maximum Gasteiger partial charge on any atom is 0.418 e. The molecule has 0 unspecified atom stereocenters. The molecule has 2 saturated heterocycles. The van der Waals surface area contributed by atoms with Crippen LogP contribution in [0.3, 0.4) is 0 Å². The van der Waals surface area contributed by atoms with Gasteiger partial charge in [-0.1, -0.05) is 11.6 Å². The number of hydrogen-bond acceptors (Lipinski definition) is 9. The van der Waals surface area contributed by atoms with Gasteiger partial charge in [0.25, 0.3) is 12.0 Å². The third kappa shape index (κ3) is 6.36. The van der Waals surface area contributed by atoms with Gasteiger partial charge in [0.15, 0.2) is 5.69 Å². The Morgan fingerprint density at radius 1 is 1.14 bits per heavy atom. The van der Waals surface area contributed by atoms with Gasteiger partial charge in [0.2, 0.25) is 0 Å². The second-order valence-electron chi connectivity index (χ2n) is 13.5. The number of nitrogen functional groups attached to an aromatic ring is 1. The molecule has 4 aliphatic rings. The predicted octanol–water partition coefficient (Wildman–Crippen LogP) is 5.62. The van der Waals surface area contributed by atoms with Crippen LogP contribution >= 0.6 is 11.6 Å². The van der Waals surface area contributed by atoms with Crippen molar-refractivity contribution in [2.24, 2.45) is 0 Å². The van der Waals surface area contributed by atoms with Gasteiger partial charge < -0.3 is 25.0 Å². The lowest BCUT2D eigenvalue weighted by molar-refractivity contribution is -0.139. The van der Waals surface area contributed by atoms with E-state index in [4.69, 9.17) is 31.8 Å². The molecule has 2 atom stereocenters. The van der Waals surface area contributed by atoms with Crippen molar-refractivity contribution in [3.8, 4) is 6.01 Å². The number of nitrogens with zero attached hydrogens (tertiary/aromatic N) is 7. The number of amides is 1. The van der Waals surface area contributed by atoms with Gasteiger partial charge in [-0.2, -0.15) is 37.0 Å². The summed E-state index contributed by atoms with van der Waals surface area (Å²) < 4.78 is 84.1. The Labute approximate surface area is 289 Å². The molecule has 3 aromatic rings. The number of benzene rings is 1. The number of fused-ring (bicyclic) bond motifs is 3. The van der Waals surface area contributed by atoms with Crippen LogP contribution in [0, 0.1) is 0 Å². The first kappa shape index (κ1) is 34.4. The number of ether oxygens (including phenoxy) is 2. The average Bonchev–Trinajstić information content (AvgIpc) is 3.70. The number of halogens is 6. The van der Waals surface area contributed by atoms with Crippen LogP contribution in [0.2, 0.25) is 5.02 Å². The van der Waals surface area contributed by atoms with Gasteiger partial charge in [-0.3, -0.25) is 14.4 Å². The van der Waals surface area contributed by atoms with Crippen molar-refractivity contribution in [3.63, 3.8) is 0 Å². The number of aromatic nitrogens is 4. The van der Waals surface area contributed by atoms with E-state index in [1.807, 2.05) is 9.80 Å². The first-order chi connectivity index (χ1) is 23.7. The van der Waals surface area contributed by atoms with E-state index >= 15 is 0 Å². The summed E-state index contributed by atoms with van der Waals surface area (Å²) in [6, 6.07) is 4.00. The fourth-order valence-electron chi connectivity index (χ4n) is 7.60. The fraction of sp³-hybridized carbons (Fsp3) is 0.515. The maximum absolute atomic E-state index is 14.2.